The van der Waals surface area contributed by atoms with Crippen LogP contribution in [0, 0.1) is 30.6 Å². The highest BCUT2D eigenvalue weighted by molar-refractivity contribution is 6.22. The van der Waals surface area contributed by atoms with E-state index in [-0.39, 0.29) is 35.5 Å². The molecule has 4 atom stereocenters. The summed E-state index contributed by atoms with van der Waals surface area (Å²) in [5.41, 5.74) is 1.02. The van der Waals surface area contributed by atoms with Crippen molar-refractivity contribution in [2.24, 2.45) is 23.7 Å². The maximum atomic E-state index is 12.5. The molecule has 2 aliphatic carbocycles. The minimum atomic E-state index is -0.148. The van der Waals surface area contributed by atoms with Crippen molar-refractivity contribution < 1.29 is 9.59 Å². The van der Waals surface area contributed by atoms with E-state index in [4.69, 9.17) is 0 Å². The number of imide groups is 1. The van der Waals surface area contributed by atoms with Gasteiger partial charge in [-0.3, -0.25) is 9.59 Å². The predicted octanol–water partition coefficient (Wildman–Crippen LogP) is 1.70. The van der Waals surface area contributed by atoms with E-state index in [0.717, 1.165) is 12.0 Å². The van der Waals surface area contributed by atoms with Crippen molar-refractivity contribution in [2.45, 2.75) is 13.3 Å². The van der Waals surface area contributed by atoms with Crippen molar-refractivity contribution >= 4 is 17.6 Å². The number of carbonyl (C=O) groups excluding carboxylic acids is 2. The molecule has 0 aromatic carbocycles. The third-order valence-corrected chi connectivity index (χ3v) is 4.60. The van der Waals surface area contributed by atoms with Crippen molar-refractivity contribution in [1.29, 1.82) is 0 Å². The number of hydrogen-bond acceptors (Lipinski definition) is 3. The van der Waals surface area contributed by atoms with Gasteiger partial charge in [0.15, 0.2) is 0 Å². The highest BCUT2D eigenvalue weighted by Gasteiger charge is 2.59. The Morgan fingerprint density at radius 3 is 2.26 bits per heavy atom. The number of nitrogens with zero attached hydrogens (tertiary/aromatic N) is 2. The Bertz CT molecular complexity index is 575. The molecule has 1 saturated carbocycles. The number of amides is 2. The number of rotatable bonds is 1. The van der Waals surface area contributed by atoms with Gasteiger partial charge in [0.25, 0.3) is 0 Å². The molecular formula is C15H14N2O2. The van der Waals surface area contributed by atoms with Gasteiger partial charge < -0.3 is 0 Å². The lowest BCUT2D eigenvalue weighted by Gasteiger charge is -2.16. The van der Waals surface area contributed by atoms with Crippen LogP contribution in [-0.2, 0) is 9.59 Å². The number of hydrogen-bond donors (Lipinski definition) is 0. The average Bonchev–Trinajstić information content (AvgIpc) is 3.06. The van der Waals surface area contributed by atoms with E-state index in [1.165, 1.54) is 4.90 Å². The van der Waals surface area contributed by atoms with Crippen LogP contribution < -0.4 is 4.90 Å². The molecule has 3 aliphatic rings. The zero-order valence-corrected chi connectivity index (χ0v) is 10.6. The smallest absolute Gasteiger partial charge is 0.239 e. The summed E-state index contributed by atoms with van der Waals surface area (Å²) in [5.74, 6) is 0.542. The van der Waals surface area contributed by atoms with Crippen LogP contribution in [0.15, 0.2) is 30.5 Å². The summed E-state index contributed by atoms with van der Waals surface area (Å²) in [6, 6.07) is 3.63. The van der Waals surface area contributed by atoms with Gasteiger partial charge in [-0.05, 0) is 36.8 Å². The summed E-state index contributed by atoms with van der Waals surface area (Å²) in [5, 5.41) is 0. The van der Waals surface area contributed by atoms with Gasteiger partial charge >= 0.3 is 0 Å². The van der Waals surface area contributed by atoms with Crippen LogP contribution in [0.2, 0.25) is 0 Å². The highest BCUT2D eigenvalue weighted by Crippen LogP contribution is 2.52. The summed E-state index contributed by atoms with van der Waals surface area (Å²) in [7, 11) is 0. The van der Waals surface area contributed by atoms with Crippen molar-refractivity contribution in [3.63, 3.8) is 0 Å². The minimum absolute atomic E-state index is 0.0665. The van der Waals surface area contributed by atoms with Crippen molar-refractivity contribution in [3.8, 4) is 0 Å². The third kappa shape index (κ3) is 1.31. The fourth-order valence-corrected chi connectivity index (χ4v) is 3.72. The van der Waals surface area contributed by atoms with Gasteiger partial charge in [-0.25, -0.2) is 9.88 Å². The van der Waals surface area contributed by atoms with Gasteiger partial charge in [-0.2, -0.15) is 0 Å². The van der Waals surface area contributed by atoms with Crippen LogP contribution >= 0.6 is 0 Å². The van der Waals surface area contributed by atoms with Gasteiger partial charge in [-0.15, -0.1) is 0 Å². The van der Waals surface area contributed by atoms with Gasteiger partial charge in [0.05, 0.1) is 11.8 Å². The zero-order valence-electron chi connectivity index (χ0n) is 10.6. The average molecular weight is 254 g/mol. The first-order valence-electron chi connectivity index (χ1n) is 6.65. The summed E-state index contributed by atoms with van der Waals surface area (Å²) in [4.78, 5) is 30.5. The van der Waals surface area contributed by atoms with E-state index in [9.17, 15) is 9.59 Å². The molecule has 4 rings (SSSR count). The maximum absolute atomic E-state index is 12.5. The molecule has 1 aromatic rings. The standard InChI is InChI=1S/C15H14N2O2/c1-8-2-5-11(16-7-8)17-14(18)12-9-3-4-10(6-9)13(12)15(17)19/h2-5,7,9-10,12-13H,6H2,1H3/t9-,10+,12-,13+. The number of aromatic nitrogens is 1. The van der Waals surface area contributed by atoms with Gasteiger partial charge in [-0.1, -0.05) is 18.2 Å². The Kier molecular flexibility index (Phi) is 2.03. The molecule has 0 spiro atoms. The number of aryl methyl sites for hydroxylation is 1. The SMILES string of the molecule is Cc1ccc(N2C(=O)[C@@H]3[C@H](C2=O)[C@@H]2C=C[C@H]3C2)nc1. The predicted molar refractivity (Wildman–Crippen MR) is 69.2 cm³/mol. The fourth-order valence-electron chi connectivity index (χ4n) is 3.72. The molecule has 2 fully saturated rings. The maximum Gasteiger partial charge on any atom is 0.239 e. The third-order valence-electron chi connectivity index (χ3n) is 4.60. The van der Waals surface area contributed by atoms with Crippen LogP contribution in [0.4, 0.5) is 5.82 Å². The van der Waals surface area contributed by atoms with E-state index < -0.39 is 0 Å². The zero-order chi connectivity index (χ0) is 13.1. The van der Waals surface area contributed by atoms with Crippen LogP contribution in [0.25, 0.3) is 0 Å². The van der Waals surface area contributed by atoms with Crippen LogP contribution in [0.3, 0.4) is 0 Å². The number of carbonyl (C=O) groups is 2. The molecule has 1 aromatic heterocycles. The molecule has 4 nitrogen and oxygen atoms in total. The first-order valence-corrected chi connectivity index (χ1v) is 6.65. The lowest BCUT2D eigenvalue weighted by molar-refractivity contribution is -0.123. The monoisotopic (exact) mass is 254 g/mol. The molecule has 1 saturated heterocycles. The van der Waals surface area contributed by atoms with Crippen molar-refractivity contribution in [3.05, 3.63) is 36.0 Å². The van der Waals surface area contributed by atoms with E-state index >= 15 is 0 Å². The molecule has 2 amide bonds. The Morgan fingerprint density at radius 2 is 1.74 bits per heavy atom. The second-order valence-electron chi connectivity index (χ2n) is 5.71. The largest absolute Gasteiger partial charge is 0.274 e. The first-order chi connectivity index (χ1) is 9.16. The fraction of sp³-hybridized carbons (Fsp3) is 0.400. The first kappa shape index (κ1) is 10.9. The highest BCUT2D eigenvalue weighted by atomic mass is 16.2. The van der Waals surface area contributed by atoms with Crippen LogP contribution in [0.1, 0.15) is 12.0 Å². The minimum Gasteiger partial charge on any atom is -0.274 e. The summed E-state index contributed by atoms with van der Waals surface area (Å²) in [6.07, 6.45) is 6.85. The molecule has 1 aliphatic heterocycles. The number of pyridine rings is 1. The lowest BCUT2D eigenvalue weighted by Crippen LogP contribution is -2.33. The second kappa shape index (κ2) is 3.53. The number of anilines is 1. The Morgan fingerprint density at radius 1 is 1.11 bits per heavy atom. The van der Waals surface area contributed by atoms with Gasteiger partial charge in [0, 0.05) is 6.20 Å². The summed E-state index contributed by atoms with van der Waals surface area (Å²) < 4.78 is 0. The molecule has 4 heteroatoms. The van der Waals surface area contributed by atoms with Crippen molar-refractivity contribution in [1.82, 2.24) is 4.98 Å². The molecule has 2 bridgehead atoms. The molecular weight excluding hydrogens is 240 g/mol. The molecule has 0 radical (unpaired) electrons. The Balaban J connectivity index is 1.74. The second-order valence-corrected chi connectivity index (χ2v) is 5.71. The molecule has 2 heterocycles. The summed E-state index contributed by atoms with van der Waals surface area (Å²) in [6.45, 7) is 1.93. The molecule has 0 N–H and O–H groups in total. The Hall–Kier alpha value is -1.97. The molecule has 19 heavy (non-hydrogen) atoms. The molecule has 96 valence electrons. The van der Waals surface area contributed by atoms with Crippen LogP contribution in [0.5, 0.6) is 0 Å². The van der Waals surface area contributed by atoms with E-state index in [2.05, 4.69) is 17.1 Å². The lowest BCUT2D eigenvalue weighted by atomic mass is 9.85. The summed E-state index contributed by atoms with van der Waals surface area (Å²) >= 11 is 0. The molecule has 0 unspecified atom stereocenters. The van der Waals surface area contributed by atoms with Gasteiger partial charge in [0.2, 0.25) is 11.8 Å². The normalized spacial score (nSPS) is 35.3. The topological polar surface area (TPSA) is 50.3 Å². The van der Waals surface area contributed by atoms with Gasteiger partial charge in [0.1, 0.15) is 5.82 Å². The van der Waals surface area contributed by atoms with Crippen LogP contribution in [-0.4, -0.2) is 16.8 Å². The van der Waals surface area contributed by atoms with E-state index in [1.54, 1.807) is 12.3 Å². The Labute approximate surface area is 111 Å². The number of fused-ring (bicyclic) bond motifs is 5. The number of allylic oxidation sites excluding steroid dienone is 2. The van der Waals surface area contributed by atoms with E-state index in [0.29, 0.717) is 5.82 Å². The quantitative estimate of drug-likeness (QED) is 0.566. The van der Waals surface area contributed by atoms with E-state index in [1.807, 2.05) is 13.0 Å². The van der Waals surface area contributed by atoms with Crippen molar-refractivity contribution in [2.75, 3.05) is 4.90 Å².